The molecule has 0 radical (unpaired) electrons. The van der Waals surface area contributed by atoms with Crippen molar-refractivity contribution >= 4 is 29.0 Å². The van der Waals surface area contributed by atoms with Gasteiger partial charge in [-0.1, -0.05) is 43.0 Å². The standard InChI is InChI=1S/C23H27N3OS/c1-3-12-24-23(27)18-10-11-22-20(15-18)26(17(2)16-25-13-6-7-14-25)19-8-4-5-9-21(19)28-22/h4-11,15,17H,3,12-14,16H2,1-2H3,(H,24,27). The molecule has 0 aromatic heterocycles. The van der Waals surface area contributed by atoms with Crippen LogP contribution < -0.4 is 10.2 Å². The molecule has 2 aromatic rings. The summed E-state index contributed by atoms with van der Waals surface area (Å²) < 4.78 is 0. The van der Waals surface area contributed by atoms with Gasteiger partial charge in [-0.05, 0) is 43.7 Å². The quantitative estimate of drug-likeness (QED) is 0.722. The molecule has 2 aliphatic heterocycles. The number of amides is 1. The summed E-state index contributed by atoms with van der Waals surface area (Å²) in [7, 11) is 0. The molecule has 0 fully saturated rings. The monoisotopic (exact) mass is 393 g/mol. The molecule has 4 nitrogen and oxygen atoms in total. The Morgan fingerprint density at radius 2 is 1.86 bits per heavy atom. The number of rotatable bonds is 6. The van der Waals surface area contributed by atoms with E-state index in [0.717, 1.165) is 37.3 Å². The van der Waals surface area contributed by atoms with E-state index in [-0.39, 0.29) is 5.91 Å². The molecule has 0 saturated heterocycles. The first-order valence-corrected chi connectivity index (χ1v) is 10.8. The predicted molar refractivity (Wildman–Crippen MR) is 117 cm³/mol. The smallest absolute Gasteiger partial charge is 0.251 e. The van der Waals surface area contributed by atoms with E-state index in [1.807, 2.05) is 6.07 Å². The van der Waals surface area contributed by atoms with Gasteiger partial charge in [-0.3, -0.25) is 9.69 Å². The molecule has 1 atom stereocenters. The van der Waals surface area contributed by atoms with Crippen molar-refractivity contribution in [2.45, 2.75) is 36.1 Å². The molecule has 0 saturated carbocycles. The van der Waals surface area contributed by atoms with Gasteiger partial charge in [0.15, 0.2) is 0 Å². The number of carbonyl (C=O) groups excluding carboxylic acids is 1. The number of anilines is 2. The lowest BCUT2D eigenvalue weighted by molar-refractivity contribution is 0.0953. The first-order chi connectivity index (χ1) is 13.7. The van der Waals surface area contributed by atoms with Crippen LogP contribution in [-0.2, 0) is 0 Å². The average Bonchev–Trinajstić information content (AvgIpc) is 3.22. The number of nitrogens with zero attached hydrogens (tertiary/aromatic N) is 2. The van der Waals surface area contributed by atoms with E-state index in [1.165, 1.54) is 15.5 Å². The van der Waals surface area contributed by atoms with Gasteiger partial charge in [0.25, 0.3) is 5.91 Å². The number of benzene rings is 2. The Hall–Kier alpha value is -2.24. The highest BCUT2D eigenvalue weighted by molar-refractivity contribution is 7.99. The van der Waals surface area contributed by atoms with Crippen LogP contribution >= 0.6 is 11.8 Å². The lowest BCUT2D eigenvalue weighted by Crippen LogP contribution is -2.40. The molecule has 1 N–H and O–H groups in total. The Labute approximate surface area is 171 Å². The second-order valence-electron chi connectivity index (χ2n) is 7.42. The lowest BCUT2D eigenvalue weighted by atomic mass is 10.1. The minimum atomic E-state index is 0.00449. The van der Waals surface area contributed by atoms with E-state index in [4.69, 9.17) is 0 Å². The molecule has 1 amide bonds. The zero-order valence-electron chi connectivity index (χ0n) is 16.5. The van der Waals surface area contributed by atoms with E-state index in [2.05, 4.69) is 77.5 Å². The van der Waals surface area contributed by atoms with Gasteiger partial charge in [0.05, 0.1) is 11.4 Å². The molecule has 2 aromatic carbocycles. The SMILES string of the molecule is CCCNC(=O)c1ccc2c(c1)N(C(C)CN1CC=CC1)c1ccccc1S2. The minimum Gasteiger partial charge on any atom is -0.352 e. The summed E-state index contributed by atoms with van der Waals surface area (Å²) in [5.74, 6) is 0.00449. The summed E-state index contributed by atoms with van der Waals surface area (Å²) in [6.07, 6.45) is 5.40. The van der Waals surface area contributed by atoms with Gasteiger partial charge in [-0.25, -0.2) is 0 Å². The van der Waals surface area contributed by atoms with Crippen molar-refractivity contribution in [3.8, 4) is 0 Å². The average molecular weight is 394 g/mol. The largest absolute Gasteiger partial charge is 0.352 e. The lowest BCUT2D eigenvalue weighted by Gasteiger charge is -2.39. The molecule has 0 spiro atoms. The van der Waals surface area contributed by atoms with Crippen LogP contribution in [0, 0.1) is 0 Å². The van der Waals surface area contributed by atoms with Crippen LogP contribution in [0.2, 0.25) is 0 Å². The van der Waals surface area contributed by atoms with Gasteiger partial charge < -0.3 is 10.2 Å². The second-order valence-corrected chi connectivity index (χ2v) is 8.50. The molecule has 2 aliphatic rings. The highest BCUT2D eigenvalue weighted by atomic mass is 32.2. The summed E-state index contributed by atoms with van der Waals surface area (Å²) in [4.78, 5) is 19.9. The summed E-state index contributed by atoms with van der Waals surface area (Å²) in [6.45, 7) is 8.06. The Morgan fingerprint density at radius 1 is 1.11 bits per heavy atom. The second kappa shape index (κ2) is 8.41. The Morgan fingerprint density at radius 3 is 2.64 bits per heavy atom. The van der Waals surface area contributed by atoms with Crippen LogP contribution in [0.1, 0.15) is 30.6 Å². The number of para-hydroxylation sites is 1. The van der Waals surface area contributed by atoms with Gasteiger partial charge >= 0.3 is 0 Å². The van der Waals surface area contributed by atoms with Crippen LogP contribution in [0.15, 0.2) is 64.4 Å². The van der Waals surface area contributed by atoms with E-state index in [9.17, 15) is 4.79 Å². The molecule has 1 unspecified atom stereocenters. The third-order valence-corrected chi connectivity index (χ3v) is 6.35. The molecule has 0 aliphatic carbocycles. The number of fused-ring (bicyclic) bond motifs is 2. The van der Waals surface area contributed by atoms with Crippen molar-refractivity contribution < 1.29 is 4.79 Å². The zero-order valence-corrected chi connectivity index (χ0v) is 17.3. The Kier molecular flexibility index (Phi) is 5.74. The van der Waals surface area contributed by atoms with Crippen molar-refractivity contribution in [2.24, 2.45) is 0 Å². The van der Waals surface area contributed by atoms with Crippen LogP contribution in [0.5, 0.6) is 0 Å². The topological polar surface area (TPSA) is 35.6 Å². The van der Waals surface area contributed by atoms with Gasteiger partial charge in [-0.15, -0.1) is 0 Å². The maximum absolute atomic E-state index is 12.5. The number of nitrogens with one attached hydrogen (secondary N) is 1. The minimum absolute atomic E-state index is 0.00449. The molecular weight excluding hydrogens is 366 g/mol. The maximum Gasteiger partial charge on any atom is 0.251 e. The molecular formula is C23H27N3OS. The van der Waals surface area contributed by atoms with Crippen LogP contribution in [0.3, 0.4) is 0 Å². The van der Waals surface area contributed by atoms with Crippen molar-refractivity contribution in [3.05, 3.63) is 60.2 Å². The van der Waals surface area contributed by atoms with Crippen LogP contribution in [0.25, 0.3) is 0 Å². The van der Waals surface area contributed by atoms with Gasteiger partial charge in [0, 0.05) is 47.6 Å². The summed E-state index contributed by atoms with van der Waals surface area (Å²) in [5.41, 5.74) is 3.09. The summed E-state index contributed by atoms with van der Waals surface area (Å²) in [5, 5.41) is 3.00. The first-order valence-electron chi connectivity index (χ1n) is 10.0. The molecule has 0 bridgehead atoms. The van der Waals surface area contributed by atoms with Gasteiger partial charge in [-0.2, -0.15) is 0 Å². The van der Waals surface area contributed by atoms with Crippen LogP contribution in [0.4, 0.5) is 11.4 Å². The molecule has 2 heterocycles. The number of carbonyl (C=O) groups is 1. The zero-order chi connectivity index (χ0) is 19.5. The van der Waals surface area contributed by atoms with E-state index < -0.39 is 0 Å². The number of hydrogen-bond acceptors (Lipinski definition) is 4. The highest BCUT2D eigenvalue weighted by Crippen LogP contribution is 2.49. The molecule has 28 heavy (non-hydrogen) atoms. The van der Waals surface area contributed by atoms with Crippen molar-refractivity contribution in [3.63, 3.8) is 0 Å². The van der Waals surface area contributed by atoms with E-state index in [1.54, 1.807) is 11.8 Å². The van der Waals surface area contributed by atoms with Gasteiger partial charge in [0.1, 0.15) is 0 Å². The summed E-state index contributed by atoms with van der Waals surface area (Å²) >= 11 is 1.79. The summed E-state index contributed by atoms with van der Waals surface area (Å²) in [6, 6.07) is 15.0. The Balaban J connectivity index is 1.68. The fourth-order valence-electron chi connectivity index (χ4n) is 3.87. The van der Waals surface area contributed by atoms with Gasteiger partial charge in [0.2, 0.25) is 0 Å². The molecule has 146 valence electrons. The molecule has 4 rings (SSSR count). The third kappa shape index (κ3) is 3.82. The molecule has 5 heteroatoms. The fourth-order valence-corrected chi connectivity index (χ4v) is 4.92. The van der Waals surface area contributed by atoms with Crippen LogP contribution in [-0.4, -0.2) is 43.0 Å². The van der Waals surface area contributed by atoms with Crippen molar-refractivity contribution in [1.82, 2.24) is 10.2 Å². The van der Waals surface area contributed by atoms with Crippen molar-refractivity contribution in [1.29, 1.82) is 0 Å². The van der Waals surface area contributed by atoms with E-state index in [0.29, 0.717) is 12.6 Å². The predicted octanol–water partition coefficient (Wildman–Crippen LogP) is 4.69. The fraction of sp³-hybridized carbons (Fsp3) is 0.348. The highest BCUT2D eigenvalue weighted by Gasteiger charge is 2.29. The number of hydrogen-bond donors (Lipinski definition) is 1. The van der Waals surface area contributed by atoms with Crippen molar-refractivity contribution in [2.75, 3.05) is 31.1 Å². The maximum atomic E-state index is 12.5. The van der Waals surface area contributed by atoms with E-state index >= 15 is 0 Å². The Bertz CT molecular complexity index is 887. The third-order valence-electron chi connectivity index (χ3n) is 5.22. The normalized spacial score (nSPS) is 16.6. The first kappa shape index (κ1) is 19.1.